The molecule has 2 rings (SSSR count). The highest BCUT2D eigenvalue weighted by Crippen LogP contribution is 2.46. The smallest absolute Gasteiger partial charge is 0.173 e. The van der Waals surface area contributed by atoms with Crippen molar-refractivity contribution in [3.63, 3.8) is 0 Å². The highest BCUT2D eigenvalue weighted by atomic mass is 127. The third-order valence-electron chi connectivity index (χ3n) is 3.53. The van der Waals surface area contributed by atoms with E-state index >= 15 is 0 Å². The highest BCUT2D eigenvalue weighted by Gasteiger charge is 2.34. The van der Waals surface area contributed by atoms with Crippen molar-refractivity contribution in [3.05, 3.63) is 47.5 Å². The van der Waals surface area contributed by atoms with Crippen molar-refractivity contribution in [1.29, 1.82) is 0 Å². The molecule has 0 radical (unpaired) electrons. The van der Waals surface area contributed by atoms with E-state index in [0.717, 1.165) is 0 Å². The molecule has 0 aromatic heterocycles. The van der Waals surface area contributed by atoms with Gasteiger partial charge in [-0.2, -0.15) is 0 Å². The number of methoxy groups -OCH3 is 4. The lowest BCUT2D eigenvalue weighted by Gasteiger charge is -2.26. The Bertz CT molecular complexity index is 627. The molecule has 0 fully saturated rings. The second-order valence-electron chi connectivity index (χ2n) is 4.75. The van der Waals surface area contributed by atoms with Crippen molar-refractivity contribution in [2.24, 2.45) is 0 Å². The number of aliphatic hydroxyl groups is 1. The van der Waals surface area contributed by atoms with E-state index in [0.29, 0.717) is 34.1 Å². The zero-order valence-electron chi connectivity index (χ0n) is 13.4. The molecule has 0 aliphatic carbocycles. The zero-order valence-corrected chi connectivity index (χ0v) is 15.6. The maximum atomic E-state index is 11.2. The number of hydrogen-bond donors (Lipinski definition) is 1. The van der Waals surface area contributed by atoms with Gasteiger partial charge in [0.15, 0.2) is 3.61 Å². The van der Waals surface area contributed by atoms with Gasteiger partial charge in [-0.15, -0.1) is 0 Å². The molecule has 0 spiro atoms. The molecule has 2 aromatic rings. The number of rotatable bonds is 6. The minimum atomic E-state index is -1.34. The van der Waals surface area contributed by atoms with Crippen LogP contribution >= 0.6 is 22.6 Å². The van der Waals surface area contributed by atoms with Gasteiger partial charge in [-0.1, -0.05) is 0 Å². The first-order chi connectivity index (χ1) is 11.0. The van der Waals surface area contributed by atoms with Crippen LogP contribution in [-0.4, -0.2) is 33.5 Å². The molecule has 0 unspecified atom stereocenters. The van der Waals surface area contributed by atoms with Gasteiger partial charge >= 0.3 is 0 Å². The van der Waals surface area contributed by atoms with Gasteiger partial charge < -0.3 is 24.1 Å². The molecule has 0 aliphatic heterocycles. The second-order valence-corrected chi connectivity index (χ2v) is 6.32. The molecule has 1 N–H and O–H groups in total. The average Bonchev–Trinajstić information content (AvgIpc) is 2.60. The first-order valence-electron chi connectivity index (χ1n) is 6.84. The van der Waals surface area contributed by atoms with E-state index in [2.05, 4.69) is 0 Å². The van der Waals surface area contributed by atoms with Crippen molar-refractivity contribution < 1.29 is 24.1 Å². The molecule has 0 amide bonds. The molecule has 0 saturated carbocycles. The standard InChI is InChI=1S/C17H19IO5/c1-20-11-5-7-13(15(9-11)22-3)17(18,19)14-8-6-12(21-2)10-16(14)23-4/h5-10,19H,1-4H3. The van der Waals surface area contributed by atoms with Gasteiger partial charge in [-0.3, -0.25) is 0 Å². The van der Waals surface area contributed by atoms with Crippen molar-refractivity contribution in [2.45, 2.75) is 3.61 Å². The molecule has 5 nitrogen and oxygen atoms in total. The molecule has 124 valence electrons. The second kappa shape index (κ2) is 7.27. The predicted molar refractivity (Wildman–Crippen MR) is 96.1 cm³/mol. The van der Waals surface area contributed by atoms with Gasteiger partial charge in [0.1, 0.15) is 23.0 Å². The van der Waals surface area contributed by atoms with Gasteiger partial charge in [-0.25, -0.2) is 0 Å². The predicted octanol–water partition coefficient (Wildman–Crippen LogP) is 3.35. The largest absolute Gasteiger partial charge is 0.497 e. The fourth-order valence-electron chi connectivity index (χ4n) is 2.29. The summed E-state index contributed by atoms with van der Waals surface area (Å²) in [6.45, 7) is 0. The van der Waals surface area contributed by atoms with Crippen molar-refractivity contribution in [1.82, 2.24) is 0 Å². The summed E-state index contributed by atoms with van der Waals surface area (Å²) in [7, 11) is 6.26. The van der Waals surface area contributed by atoms with Crippen LogP contribution < -0.4 is 18.9 Å². The maximum Gasteiger partial charge on any atom is 0.173 e. The Morgan fingerprint density at radius 2 is 1.13 bits per heavy atom. The van der Waals surface area contributed by atoms with Crippen LogP contribution in [0.25, 0.3) is 0 Å². The Hall–Kier alpha value is -1.67. The lowest BCUT2D eigenvalue weighted by atomic mass is 9.99. The Kier molecular flexibility index (Phi) is 5.59. The first-order valence-corrected chi connectivity index (χ1v) is 7.92. The molecule has 0 bridgehead atoms. The first kappa shape index (κ1) is 17.7. The number of ether oxygens (including phenoxy) is 4. The number of alkyl halides is 1. The van der Waals surface area contributed by atoms with Crippen LogP contribution in [0.3, 0.4) is 0 Å². The summed E-state index contributed by atoms with van der Waals surface area (Å²) < 4.78 is 19.9. The Morgan fingerprint density at radius 3 is 1.43 bits per heavy atom. The Balaban J connectivity index is 2.58. The fourth-order valence-corrected chi connectivity index (χ4v) is 3.18. The topological polar surface area (TPSA) is 57.2 Å². The minimum absolute atomic E-state index is 0.527. The third kappa shape index (κ3) is 3.48. The number of benzene rings is 2. The SMILES string of the molecule is COc1ccc(C(O)(I)c2ccc(OC)cc2OC)c(OC)c1. The minimum Gasteiger partial charge on any atom is -0.497 e. The van der Waals surface area contributed by atoms with Crippen LogP contribution in [0.15, 0.2) is 36.4 Å². The Labute approximate surface area is 149 Å². The van der Waals surface area contributed by atoms with Crippen LogP contribution in [0.2, 0.25) is 0 Å². The van der Waals surface area contributed by atoms with Gasteiger partial charge in [0.05, 0.1) is 28.4 Å². The lowest BCUT2D eigenvalue weighted by molar-refractivity contribution is 0.190. The summed E-state index contributed by atoms with van der Waals surface area (Å²) in [5, 5.41) is 11.2. The quantitative estimate of drug-likeness (QED) is 0.563. The molecule has 0 aliphatic rings. The molecular formula is C17H19IO5. The summed E-state index contributed by atoms with van der Waals surface area (Å²) >= 11 is 1.97. The van der Waals surface area contributed by atoms with Gasteiger partial charge in [0, 0.05) is 23.3 Å². The van der Waals surface area contributed by atoms with E-state index in [1.54, 1.807) is 64.8 Å². The van der Waals surface area contributed by atoms with Crippen LogP contribution in [0.1, 0.15) is 11.1 Å². The monoisotopic (exact) mass is 430 g/mol. The fraction of sp³-hybridized carbons (Fsp3) is 0.294. The van der Waals surface area contributed by atoms with Gasteiger partial charge in [0.25, 0.3) is 0 Å². The highest BCUT2D eigenvalue weighted by molar-refractivity contribution is 14.1. The number of halogens is 1. The molecule has 0 atom stereocenters. The molecule has 2 aromatic carbocycles. The van der Waals surface area contributed by atoms with Crippen LogP contribution in [0.5, 0.6) is 23.0 Å². The van der Waals surface area contributed by atoms with E-state index in [1.807, 2.05) is 22.6 Å². The van der Waals surface area contributed by atoms with Crippen molar-refractivity contribution in [3.8, 4) is 23.0 Å². The zero-order chi connectivity index (χ0) is 17.0. The maximum absolute atomic E-state index is 11.2. The summed E-state index contributed by atoms with van der Waals surface area (Å²) in [4.78, 5) is 0. The van der Waals surface area contributed by atoms with Crippen LogP contribution in [-0.2, 0) is 3.61 Å². The molecular weight excluding hydrogens is 411 g/mol. The molecule has 23 heavy (non-hydrogen) atoms. The van der Waals surface area contributed by atoms with E-state index in [4.69, 9.17) is 18.9 Å². The van der Waals surface area contributed by atoms with Crippen molar-refractivity contribution in [2.75, 3.05) is 28.4 Å². The summed E-state index contributed by atoms with van der Waals surface area (Å²) in [6, 6.07) is 10.6. The molecule has 6 heteroatoms. The van der Waals surface area contributed by atoms with Crippen molar-refractivity contribution >= 4 is 22.6 Å². The normalized spacial score (nSPS) is 11.0. The average molecular weight is 430 g/mol. The summed E-state index contributed by atoms with van der Waals surface area (Å²) in [5.41, 5.74) is 1.20. The van der Waals surface area contributed by atoms with E-state index in [-0.39, 0.29) is 0 Å². The molecule has 0 heterocycles. The van der Waals surface area contributed by atoms with Crippen LogP contribution in [0, 0.1) is 0 Å². The van der Waals surface area contributed by atoms with E-state index in [9.17, 15) is 5.11 Å². The Morgan fingerprint density at radius 1 is 0.739 bits per heavy atom. The third-order valence-corrected chi connectivity index (χ3v) is 4.69. The van der Waals surface area contributed by atoms with Gasteiger partial charge in [0.2, 0.25) is 0 Å². The summed E-state index contributed by atoms with van der Waals surface area (Å²) in [6.07, 6.45) is 0. The molecule has 0 saturated heterocycles. The van der Waals surface area contributed by atoms with E-state index in [1.165, 1.54) is 0 Å². The van der Waals surface area contributed by atoms with Crippen LogP contribution in [0.4, 0.5) is 0 Å². The summed E-state index contributed by atoms with van der Waals surface area (Å²) in [5.74, 6) is 2.36. The number of hydrogen-bond acceptors (Lipinski definition) is 5. The van der Waals surface area contributed by atoms with E-state index < -0.39 is 3.61 Å². The van der Waals surface area contributed by atoms with Gasteiger partial charge in [-0.05, 0) is 46.9 Å². The lowest BCUT2D eigenvalue weighted by Crippen LogP contribution is -2.20.